The normalized spacial score (nSPS) is 16.9. The molecule has 0 aliphatic heterocycles. The van der Waals surface area contributed by atoms with Gasteiger partial charge in [0.25, 0.3) is 0 Å². The average Bonchev–Trinajstić information content (AvgIpc) is 2.83. The van der Waals surface area contributed by atoms with Crippen molar-refractivity contribution in [3.8, 4) is 0 Å². The summed E-state index contributed by atoms with van der Waals surface area (Å²) in [5.74, 6) is -1.65. The minimum atomic E-state index is -0.824. The molecular formula is C11H18MgO4. The van der Waals surface area contributed by atoms with Crippen LogP contribution < -0.4 is 0 Å². The van der Waals surface area contributed by atoms with Crippen molar-refractivity contribution in [3.63, 3.8) is 0 Å². The van der Waals surface area contributed by atoms with Crippen molar-refractivity contribution in [2.45, 2.75) is 33.6 Å². The molecule has 88 valence electrons. The third kappa shape index (κ3) is 3.86. The van der Waals surface area contributed by atoms with E-state index in [-0.39, 0.29) is 44.1 Å². The molecule has 0 amide bonds. The molecular weight excluding hydrogens is 220 g/mol. The van der Waals surface area contributed by atoms with E-state index in [0.717, 1.165) is 12.8 Å². The van der Waals surface area contributed by atoms with E-state index in [4.69, 9.17) is 0 Å². The van der Waals surface area contributed by atoms with E-state index in [0.29, 0.717) is 0 Å². The van der Waals surface area contributed by atoms with Crippen molar-refractivity contribution in [1.82, 2.24) is 0 Å². The number of hydrogen-bond donors (Lipinski definition) is 0. The Balaban J connectivity index is -0.000000750. The molecule has 0 aromatic rings. The van der Waals surface area contributed by atoms with Gasteiger partial charge in [-0.2, -0.15) is 0 Å². The van der Waals surface area contributed by atoms with Crippen molar-refractivity contribution < 1.29 is 22.0 Å². The first-order valence-electron chi connectivity index (χ1n) is 5.05. The molecule has 1 rings (SSSR count). The number of Topliss-reactive ketones (excluding diaryl/α,β-unsaturated/α-hetero) is 1. The molecule has 0 radical (unpaired) electrons. The van der Waals surface area contributed by atoms with Crippen LogP contribution in [0.4, 0.5) is 0 Å². The Labute approximate surface area is 114 Å². The Morgan fingerprint density at radius 2 is 1.88 bits per heavy atom. The zero-order chi connectivity index (χ0) is 11.6. The van der Waals surface area contributed by atoms with E-state index < -0.39 is 17.3 Å². The van der Waals surface area contributed by atoms with Gasteiger partial charge in [-0.3, -0.25) is 14.4 Å². The summed E-state index contributed by atoms with van der Waals surface area (Å²) < 4.78 is 4.29. The molecule has 16 heavy (non-hydrogen) atoms. The Bertz CT molecular complexity index is 298. The maximum atomic E-state index is 11.9. The molecule has 1 saturated carbocycles. The summed E-state index contributed by atoms with van der Waals surface area (Å²) in [6.45, 7) is 5.47. The minimum Gasteiger partial charge on any atom is -1.00 e. The fraction of sp³-hybridized carbons (Fsp3) is 0.727. The quantitative estimate of drug-likeness (QED) is 0.319. The van der Waals surface area contributed by atoms with Crippen LogP contribution >= 0.6 is 0 Å². The Morgan fingerprint density at radius 1 is 1.38 bits per heavy atom. The summed E-state index contributed by atoms with van der Waals surface area (Å²) >= 11 is 0. The van der Waals surface area contributed by atoms with Gasteiger partial charge >= 0.3 is 35.5 Å². The number of esters is 1. The predicted octanol–water partition coefficient (Wildman–Crippen LogP) is 1.17. The van der Waals surface area contributed by atoms with Gasteiger partial charge in [-0.25, -0.2) is 0 Å². The molecule has 1 aliphatic rings. The summed E-state index contributed by atoms with van der Waals surface area (Å²) in [6.07, 6.45) is 1.69. The number of rotatable bonds is 4. The van der Waals surface area contributed by atoms with E-state index in [1.165, 1.54) is 0 Å². The minimum absolute atomic E-state index is 0. The molecule has 0 aromatic carbocycles. The van der Waals surface area contributed by atoms with Gasteiger partial charge in [0.1, 0.15) is 5.92 Å². The molecule has 0 N–H and O–H groups in total. The topological polar surface area (TPSA) is 60.4 Å². The van der Waals surface area contributed by atoms with Crippen LogP contribution in [0.25, 0.3) is 0 Å². The summed E-state index contributed by atoms with van der Waals surface area (Å²) in [6, 6.07) is 0. The third-order valence-electron chi connectivity index (χ3n) is 2.53. The molecule has 1 fully saturated rings. The van der Waals surface area contributed by atoms with Crippen LogP contribution in [0.1, 0.15) is 36.5 Å². The molecule has 0 spiro atoms. The van der Waals surface area contributed by atoms with Gasteiger partial charge in [0, 0.05) is 5.92 Å². The zero-order valence-corrected chi connectivity index (χ0v) is 11.4. The first kappa shape index (κ1) is 15.6. The summed E-state index contributed by atoms with van der Waals surface area (Å²) in [5, 5.41) is 0. The largest absolute Gasteiger partial charge is 2.00 e. The summed E-state index contributed by atoms with van der Waals surface area (Å²) in [4.78, 5) is 33.4. The van der Waals surface area contributed by atoms with Gasteiger partial charge in [-0.1, -0.05) is 20.8 Å². The van der Waals surface area contributed by atoms with Crippen molar-refractivity contribution in [2.24, 2.45) is 17.3 Å². The maximum absolute atomic E-state index is 11.9. The second-order valence-electron chi connectivity index (χ2n) is 5.01. The van der Waals surface area contributed by atoms with Crippen molar-refractivity contribution in [2.75, 3.05) is 0 Å². The summed E-state index contributed by atoms with van der Waals surface area (Å²) in [5.41, 5.74) is -0.500. The van der Waals surface area contributed by atoms with Gasteiger partial charge in [0.2, 0.25) is 0 Å². The standard InChI is InChI=1S/C11H16O4.Mg.2H/c1-11(2,3)8(10(14)15-6-12)9(13)7-4-5-7;;;/h6-8H,4-5H2,1-3H3;;;/q;+2;2*-1. The van der Waals surface area contributed by atoms with Crippen LogP contribution in [0.2, 0.25) is 0 Å². The SMILES string of the molecule is CC(C)(C)C(C(=O)OC=O)C(=O)C1CC1.[H-].[H-].[Mg+2]. The van der Waals surface area contributed by atoms with Crippen LogP contribution in [0.3, 0.4) is 0 Å². The van der Waals surface area contributed by atoms with Crippen LogP contribution in [0.15, 0.2) is 0 Å². The van der Waals surface area contributed by atoms with Gasteiger partial charge in [0.15, 0.2) is 5.78 Å². The number of carbonyl (C=O) groups excluding carboxylic acids is 3. The monoisotopic (exact) mass is 238 g/mol. The molecule has 1 aliphatic carbocycles. The van der Waals surface area contributed by atoms with E-state index in [1.54, 1.807) is 20.8 Å². The van der Waals surface area contributed by atoms with E-state index >= 15 is 0 Å². The third-order valence-corrected chi connectivity index (χ3v) is 2.53. The second kappa shape index (κ2) is 5.77. The number of carbonyl (C=O) groups is 3. The van der Waals surface area contributed by atoms with E-state index in [2.05, 4.69) is 4.74 Å². The molecule has 4 nitrogen and oxygen atoms in total. The average molecular weight is 239 g/mol. The van der Waals surface area contributed by atoms with Crippen LogP contribution in [-0.4, -0.2) is 41.3 Å². The van der Waals surface area contributed by atoms with Gasteiger partial charge in [0.05, 0.1) is 0 Å². The molecule has 0 heterocycles. The molecule has 0 saturated heterocycles. The Hall–Kier alpha value is -0.424. The van der Waals surface area contributed by atoms with Crippen LogP contribution in [-0.2, 0) is 19.1 Å². The van der Waals surface area contributed by atoms with Crippen molar-refractivity contribution >= 4 is 41.3 Å². The second-order valence-corrected chi connectivity index (χ2v) is 5.01. The number of ketones is 1. The fourth-order valence-corrected chi connectivity index (χ4v) is 1.62. The zero-order valence-electron chi connectivity index (χ0n) is 12.0. The summed E-state index contributed by atoms with van der Waals surface area (Å²) in [7, 11) is 0. The van der Waals surface area contributed by atoms with Gasteiger partial charge in [-0.05, 0) is 18.3 Å². The molecule has 1 atom stereocenters. The smallest absolute Gasteiger partial charge is 1.00 e. The van der Waals surface area contributed by atoms with Gasteiger partial charge < -0.3 is 7.59 Å². The Morgan fingerprint density at radius 3 is 2.19 bits per heavy atom. The molecule has 0 bridgehead atoms. The number of hydrogen-bond acceptors (Lipinski definition) is 4. The Kier molecular flexibility index (Phi) is 5.62. The molecule has 5 heteroatoms. The molecule has 0 aromatic heterocycles. The van der Waals surface area contributed by atoms with Crippen LogP contribution in [0.5, 0.6) is 0 Å². The van der Waals surface area contributed by atoms with Crippen molar-refractivity contribution in [1.29, 1.82) is 0 Å². The van der Waals surface area contributed by atoms with Crippen LogP contribution in [0, 0.1) is 17.3 Å². The van der Waals surface area contributed by atoms with E-state index in [1.807, 2.05) is 0 Å². The van der Waals surface area contributed by atoms with Crippen molar-refractivity contribution in [3.05, 3.63) is 0 Å². The van der Waals surface area contributed by atoms with E-state index in [9.17, 15) is 14.4 Å². The fourth-order valence-electron chi connectivity index (χ4n) is 1.62. The number of ether oxygens (including phenoxy) is 1. The first-order valence-corrected chi connectivity index (χ1v) is 5.05. The first-order chi connectivity index (χ1) is 6.88. The maximum Gasteiger partial charge on any atom is 2.00 e. The molecule has 1 unspecified atom stereocenters. The predicted molar refractivity (Wildman–Crippen MR) is 60.8 cm³/mol. The van der Waals surface area contributed by atoms with Gasteiger partial charge in [-0.15, -0.1) is 0 Å².